The molecule has 0 spiro atoms. The van der Waals surface area contributed by atoms with Gasteiger partial charge in [-0.1, -0.05) is 0 Å². The summed E-state index contributed by atoms with van der Waals surface area (Å²) in [6, 6.07) is 7.15. The highest BCUT2D eigenvalue weighted by atomic mass is 16.6. The second kappa shape index (κ2) is 6.00. The van der Waals surface area contributed by atoms with Crippen LogP contribution in [0.25, 0.3) is 0 Å². The van der Waals surface area contributed by atoms with Crippen molar-refractivity contribution in [1.29, 1.82) is 0 Å². The smallest absolute Gasteiger partial charge is 0.343 e. The van der Waals surface area contributed by atoms with Crippen LogP contribution < -0.4 is 9.47 Å². The van der Waals surface area contributed by atoms with Crippen molar-refractivity contribution in [2.75, 3.05) is 7.11 Å². The predicted octanol–water partition coefficient (Wildman–Crippen LogP) is 2.53. The van der Waals surface area contributed by atoms with Crippen LogP contribution >= 0.6 is 0 Å². The number of aryl methyl sites for hydroxylation is 1. The van der Waals surface area contributed by atoms with Crippen molar-refractivity contribution in [1.82, 2.24) is 4.98 Å². The van der Waals surface area contributed by atoms with Crippen LogP contribution in [0, 0.1) is 17.0 Å². The van der Waals surface area contributed by atoms with Crippen LogP contribution in [0.1, 0.15) is 16.1 Å². The monoisotopic (exact) mass is 288 g/mol. The Balaban J connectivity index is 2.25. The highest BCUT2D eigenvalue weighted by Crippen LogP contribution is 2.28. The Morgan fingerprint density at radius 3 is 2.62 bits per heavy atom. The lowest BCUT2D eigenvalue weighted by atomic mass is 10.2. The second-order valence-corrected chi connectivity index (χ2v) is 4.17. The maximum Gasteiger partial charge on any atom is 0.343 e. The first-order chi connectivity index (χ1) is 10.0. The number of nitrogens with zero attached hydrogens (tertiary/aromatic N) is 2. The minimum absolute atomic E-state index is 0.0584. The molecule has 2 rings (SSSR count). The Hall–Kier alpha value is -2.96. The summed E-state index contributed by atoms with van der Waals surface area (Å²) in [5, 5.41) is 10.9. The average molecular weight is 288 g/mol. The topological polar surface area (TPSA) is 91.6 Å². The number of methoxy groups -OCH3 is 1. The van der Waals surface area contributed by atoms with E-state index in [9.17, 15) is 14.9 Å². The van der Waals surface area contributed by atoms with Crippen LogP contribution in [0.4, 0.5) is 5.69 Å². The van der Waals surface area contributed by atoms with Gasteiger partial charge < -0.3 is 9.47 Å². The van der Waals surface area contributed by atoms with Gasteiger partial charge >= 0.3 is 11.7 Å². The minimum Gasteiger partial charge on any atom is -0.490 e. The van der Waals surface area contributed by atoms with Crippen molar-refractivity contribution >= 4 is 11.7 Å². The first kappa shape index (κ1) is 14.4. The molecule has 0 bridgehead atoms. The fraction of sp³-hybridized carbons (Fsp3) is 0.143. The average Bonchev–Trinajstić information content (AvgIpc) is 2.48. The van der Waals surface area contributed by atoms with E-state index < -0.39 is 10.9 Å². The Morgan fingerprint density at radius 1 is 1.29 bits per heavy atom. The molecular weight excluding hydrogens is 276 g/mol. The number of esters is 1. The lowest BCUT2D eigenvalue weighted by Crippen LogP contribution is -2.09. The molecule has 0 amide bonds. The summed E-state index contributed by atoms with van der Waals surface area (Å²) in [7, 11) is 1.32. The van der Waals surface area contributed by atoms with E-state index in [0.717, 1.165) is 11.8 Å². The van der Waals surface area contributed by atoms with Crippen molar-refractivity contribution in [2.45, 2.75) is 6.92 Å². The van der Waals surface area contributed by atoms with Crippen LogP contribution in [0.15, 0.2) is 36.5 Å². The third-order valence-electron chi connectivity index (χ3n) is 2.71. The van der Waals surface area contributed by atoms with Crippen molar-refractivity contribution < 1.29 is 19.2 Å². The number of nitro benzene ring substituents is 1. The molecule has 0 saturated heterocycles. The number of rotatable bonds is 4. The SMILES string of the molecule is COc1ccc(C(=O)Oc2ccc(C)nc2)cc1[N+](=O)[O-]. The summed E-state index contributed by atoms with van der Waals surface area (Å²) in [5.41, 5.74) is 0.548. The molecule has 108 valence electrons. The lowest BCUT2D eigenvalue weighted by Gasteiger charge is -2.06. The fourth-order valence-electron chi connectivity index (χ4n) is 1.64. The lowest BCUT2D eigenvalue weighted by molar-refractivity contribution is -0.385. The van der Waals surface area contributed by atoms with Gasteiger partial charge in [0.05, 0.1) is 23.8 Å². The summed E-state index contributed by atoms with van der Waals surface area (Å²) in [5.74, 6) is -0.357. The normalized spacial score (nSPS) is 10.0. The van der Waals surface area contributed by atoms with Crippen molar-refractivity contribution in [3.63, 3.8) is 0 Å². The number of hydrogen-bond acceptors (Lipinski definition) is 6. The van der Waals surface area contributed by atoms with Gasteiger partial charge in [0.2, 0.25) is 0 Å². The quantitative estimate of drug-likeness (QED) is 0.487. The molecule has 21 heavy (non-hydrogen) atoms. The number of aromatic nitrogens is 1. The molecule has 0 fully saturated rings. The molecular formula is C14H12N2O5. The second-order valence-electron chi connectivity index (χ2n) is 4.17. The number of benzene rings is 1. The number of nitro groups is 1. The van der Waals surface area contributed by atoms with Gasteiger partial charge in [-0.05, 0) is 31.2 Å². The summed E-state index contributed by atoms with van der Waals surface area (Å²) in [6.45, 7) is 1.80. The van der Waals surface area contributed by atoms with E-state index in [-0.39, 0.29) is 22.7 Å². The summed E-state index contributed by atoms with van der Waals surface area (Å²) >= 11 is 0. The number of pyridine rings is 1. The maximum absolute atomic E-state index is 12.0. The van der Waals surface area contributed by atoms with Gasteiger partial charge in [-0.15, -0.1) is 0 Å². The van der Waals surface area contributed by atoms with Crippen LogP contribution in [0.2, 0.25) is 0 Å². The third-order valence-corrected chi connectivity index (χ3v) is 2.71. The zero-order chi connectivity index (χ0) is 15.4. The fourth-order valence-corrected chi connectivity index (χ4v) is 1.64. The number of carbonyl (C=O) groups is 1. The van der Waals surface area contributed by atoms with Gasteiger partial charge in [-0.2, -0.15) is 0 Å². The van der Waals surface area contributed by atoms with E-state index in [2.05, 4.69) is 4.98 Å². The molecule has 7 nitrogen and oxygen atoms in total. The summed E-state index contributed by atoms with van der Waals surface area (Å²) in [4.78, 5) is 26.2. The van der Waals surface area contributed by atoms with Crippen molar-refractivity contribution in [3.05, 3.63) is 57.9 Å². The molecule has 0 N–H and O–H groups in total. The molecule has 1 aromatic heterocycles. The van der Waals surface area contributed by atoms with Crippen LogP contribution in [-0.4, -0.2) is 23.0 Å². The first-order valence-corrected chi connectivity index (χ1v) is 5.98. The molecule has 1 heterocycles. The first-order valence-electron chi connectivity index (χ1n) is 5.98. The third kappa shape index (κ3) is 3.33. The Kier molecular flexibility index (Phi) is 4.13. The largest absolute Gasteiger partial charge is 0.490 e. The molecule has 2 aromatic rings. The standard InChI is InChI=1S/C14H12N2O5/c1-9-3-5-11(8-15-9)21-14(17)10-4-6-13(20-2)12(7-10)16(18)19/h3-8H,1-2H3. The van der Waals surface area contributed by atoms with Crippen LogP contribution in [0.3, 0.4) is 0 Å². The Bertz CT molecular complexity index is 682. The van der Waals surface area contributed by atoms with Crippen molar-refractivity contribution in [3.8, 4) is 11.5 Å². The number of ether oxygens (including phenoxy) is 2. The van der Waals surface area contributed by atoms with Crippen LogP contribution in [-0.2, 0) is 0 Å². The molecule has 1 aromatic carbocycles. The molecule has 0 aliphatic rings. The molecule has 7 heteroatoms. The van der Waals surface area contributed by atoms with Gasteiger partial charge in [0.25, 0.3) is 0 Å². The van der Waals surface area contributed by atoms with E-state index in [1.165, 1.54) is 25.4 Å². The van der Waals surface area contributed by atoms with E-state index in [4.69, 9.17) is 9.47 Å². The zero-order valence-electron chi connectivity index (χ0n) is 11.4. The van der Waals surface area contributed by atoms with Crippen LogP contribution in [0.5, 0.6) is 11.5 Å². The molecule has 0 unspecified atom stereocenters. The van der Waals surface area contributed by atoms with Gasteiger partial charge in [-0.25, -0.2) is 4.79 Å². The molecule has 0 radical (unpaired) electrons. The Morgan fingerprint density at radius 2 is 2.05 bits per heavy atom. The molecule has 0 aliphatic heterocycles. The van der Waals surface area contributed by atoms with Crippen molar-refractivity contribution in [2.24, 2.45) is 0 Å². The highest BCUT2D eigenvalue weighted by molar-refractivity contribution is 5.92. The van der Waals surface area contributed by atoms with E-state index in [1.807, 2.05) is 0 Å². The highest BCUT2D eigenvalue weighted by Gasteiger charge is 2.19. The van der Waals surface area contributed by atoms with E-state index in [1.54, 1.807) is 19.1 Å². The van der Waals surface area contributed by atoms with Gasteiger partial charge in [0.15, 0.2) is 5.75 Å². The molecule has 0 atom stereocenters. The molecule has 0 saturated carbocycles. The van der Waals surface area contributed by atoms with Gasteiger partial charge in [0, 0.05) is 11.8 Å². The van der Waals surface area contributed by atoms with E-state index >= 15 is 0 Å². The Labute approximate surface area is 120 Å². The van der Waals surface area contributed by atoms with Gasteiger partial charge in [0.1, 0.15) is 5.75 Å². The summed E-state index contributed by atoms with van der Waals surface area (Å²) < 4.78 is 9.97. The molecule has 0 aliphatic carbocycles. The summed E-state index contributed by atoms with van der Waals surface area (Å²) in [6.07, 6.45) is 1.41. The van der Waals surface area contributed by atoms with Gasteiger partial charge in [-0.3, -0.25) is 15.1 Å². The maximum atomic E-state index is 12.0. The minimum atomic E-state index is -0.702. The van der Waals surface area contributed by atoms with E-state index in [0.29, 0.717) is 0 Å². The number of hydrogen-bond donors (Lipinski definition) is 0. The number of carbonyl (C=O) groups excluding carboxylic acids is 1. The zero-order valence-corrected chi connectivity index (χ0v) is 11.4. The predicted molar refractivity (Wildman–Crippen MR) is 73.6 cm³/mol.